The lowest BCUT2D eigenvalue weighted by Crippen LogP contribution is -2.14. The van der Waals surface area contributed by atoms with Gasteiger partial charge in [0.15, 0.2) is 23.3 Å². The number of nitrogens with zero attached hydrogens (tertiary/aromatic N) is 5. The van der Waals surface area contributed by atoms with Crippen LogP contribution in [0.2, 0.25) is 0 Å². The van der Waals surface area contributed by atoms with Crippen molar-refractivity contribution >= 4 is 32.7 Å². The highest BCUT2D eigenvalue weighted by Crippen LogP contribution is 2.49. The molecule has 0 N–H and O–H groups in total. The molecule has 1 aliphatic carbocycles. The van der Waals surface area contributed by atoms with E-state index >= 15 is 0 Å². The second-order valence-electron chi connectivity index (χ2n) is 18.1. The number of hydrogen-bond donors (Lipinski definition) is 0. The summed E-state index contributed by atoms with van der Waals surface area (Å²) in [5.41, 5.74) is 16.3. The lowest BCUT2D eigenvalue weighted by atomic mass is 9.82. The number of furan rings is 1. The van der Waals surface area contributed by atoms with Gasteiger partial charge in [0.2, 0.25) is 0 Å². The zero-order valence-electron chi connectivity index (χ0n) is 37.4. The van der Waals surface area contributed by atoms with E-state index in [1.54, 1.807) is 0 Å². The van der Waals surface area contributed by atoms with Gasteiger partial charge in [0.05, 0.1) is 11.4 Å². The van der Waals surface area contributed by atoms with Crippen LogP contribution in [0.1, 0.15) is 25.0 Å². The summed E-state index contributed by atoms with van der Waals surface area (Å²) in [6.45, 7) is 4.62. The average Bonchev–Trinajstić information content (AvgIpc) is 3.90. The average molecular weight is 872 g/mol. The van der Waals surface area contributed by atoms with Gasteiger partial charge >= 0.3 is 0 Å². The third kappa shape index (κ3) is 6.68. The maximum atomic E-state index is 6.35. The van der Waals surface area contributed by atoms with Gasteiger partial charge in [0, 0.05) is 49.6 Å². The molecule has 0 fully saturated rings. The molecule has 3 aromatic heterocycles. The molecule has 0 spiro atoms. The van der Waals surface area contributed by atoms with Crippen LogP contribution in [-0.4, -0.2) is 24.9 Å². The highest BCUT2D eigenvalue weighted by molar-refractivity contribution is 6.19. The van der Waals surface area contributed by atoms with Gasteiger partial charge in [-0.05, 0) is 92.7 Å². The lowest BCUT2D eigenvalue weighted by molar-refractivity contribution is 0.660. The maximum absolute atomic E-state index is 6.35. The fourth-order valence-corrected chi connectivity index (χ4v) is 10.1. The molecular formula is C62H41N5O. The van der Waals surface area contributed by atoms with Crippen molar-refractivity contribution in [1.29, 1.82) is 0 Å². The Morgan fingerprint density at radius 2 is 0.838 bits per heavy atom. The van der Waals surface area contributed by atoms with Crippen LogP contribution in [0, 0.1) is 0 Å². The van der Waals surface area contributed by atoms with Crippen LogP contribution in [-0.2, 0) is 5.41 Å². The van der Waals surface area contributed by atoms with E-state index in [4.69, 9.17) is 29.3 Å². The molecule has 12 aromatic rings. The van der Waals surface area contributed by atoms with Crippen LogP contribution in [0.25, 0.3) is 123 Å². The molecule has 13 rings (SSSR count). The Hall–Kier alpha value is -8.87. The van der Waals surface area contributed by atoms with Crippen LogP contribution in [0.4, 0.5) is 0 Å². The summed E-state index contributed by atoms with van der Waals surface area (Å²) in [5, 5.41) is 4.42. The van der Waals surface area contributed by atoms with Crippen molar-refractivity contribution < 1.29 is 4.42 Å². The molecule has 320 valence electrons. The first-order valence-corrected chi connectivity index (χ1v) is 23.0. The molecule has 6 heteroatoms. The van der Waals surface area contributed by atoms with Gasteiger partial charge in [-0.15, -0.1) is 0 Å². The van der Waals surface area contributed by atoms with Gasteiger partial charge in [-0.2, -0.15) is 0 Å². The summed E-state index contributed by atoms with van der Waals surface area (Å²) in [6.07, 6.45) is 0. The fraction of sp³-hybridized carbons (Fsp3) is 0.0484. The molecule has 0 saturated heterocycles. The summed E-state index contributed by atoms with van der Waals surface area (Å²) in [5.74, 6) is 2.45. The standard InChI is InChI=1S/C62H41N5O/c1-62(2)51-26-12-11-25-48(51)49-35-44(27-30-52(49)62)54-37-53(63-58(64-54)39-16-5-3-6-17-39)43-22-13-20-41(33-43)42-21-14-23-45(34-42)60-65-59(40-18-7-4-8-19-40)66-61(67-60)46-29-31-55-50(36-46)57-47-24-10-9-15-38(47)28-32-56(57)68-55/h3-37H,1-2H3. The van der Waals surface area contributed by atoms with Crippen molar-refractivity contribution in [3.8, 4) is 90.3 Å². The Morgan fingerprint density at radius 1 is 0.324 bits per heavy atom. The van der Waals surface area contributed by atoms with Crippen molar-refractivity contribution in [1.82, 2.24) is 24.9 Å². The van der Waals surface area contributed by atoms with E-state index < -0.39 is 0 Å². The molecular weight excluding hydrogens is 831 g/mol. The molecule has 0 unspecified atom stereocenters. The van der Waals surface area contributed by atoms with Crippen molar-refractivity contribution in [2.45, 2.75) is 19.3 Å². The molecule has 0 saturated carbocycles. The van der Waals surface area contributed by atoms with E-state index in [9.17, 15) is 0 Å². The SMILES string of the molecule is CC1(C)c2ccccc2-c2cc(-c3cc(-c4cccc(-c5cccc(-c6nc(-c7ccccc7)nc(-c7ccc8oc9ccc%10ccccc%10c9c8c7)n6)c5)c4)nc(-c4ccccc4)n3)ccc21. The molecule has 3 heterocycles. The summed E-state index contributed by atoms with van der Waals surface area (Å²) < 4.78 is 6.35. The van der Waals surface area contributed by atoms with E-state index in [0.29, 0.717) is 23.3 Å². The van der Waals surface area contributed by atoms with E-state index in [2.05, 4.69) is 166 Å². The molecule has 68 heavy (non-hydrogen) atoms. The van der Waals surface area contributed by atoms with Crippen LogP contribution in [0.5, 0.6) is 0 Å². The van der Waals surface area contributed by atoms with Crippen molar-refractivity contribution in [2.24, 2.45) is 0 Å². The first-order chi connectivity index (χ1) is 33.4. The molecule has 0 atom stereocenters. The Bertz CT molecular complexity index is 3950. The minimum absolute atomic E-state index is 0.0778. The summed E-state index contributed by atoms with van der Waals surface area (Å²) in [7, 11) is 0. The van der Waals surface area contributed by atoms with E-state index in [1.165, 1.54) is 22.3 Å². The minimum atomic E-state index is -0.0778. The predicted octanol–water partition coefficient (Wildman–Crippen LogP) is 15.7. The molecule has 0 radical (unpaired) electrons. The Labute approximate surface area is 393 Å². The van der Waals surface area contributed by atoms with E-state index in [1.807, 2.05) is 60.7 Å². The summed E-state index contributed by atoms with van der Waals surface area (Å²) in [4.78, 5) is 25.8. The molecule has 0 aliphatic heterocycles. The fourth-order valence-electron chi connectivity index (χ4n) is 10.1. The number of hydrogen-bond acceptors (Lipinski definition) is 6. The zero-order chi connectivity index (χ0) is 45.3. The maximum Gasteiger partial charge on any atom is 0.164 e. The van der Waals surface area contributed by atoms with Crippen LogP contribution < -0.4 is 0 Å². The molecule has 0 bridgehead atoms. The lowest BCUT2D eigenvalue weighted by Gasteiger charge is -2.21. The van der Waals surface area contributed by atoms with Crippen LogP contribution >= 0.6 is 0 Å². The topological polar surface area (TPSA) is 77.6 Å². The Morgan fingerprint density at radius 3 is 1.57 bits per heavy atom. The Balaban J connectivity index is 0.904. The first-order valence-electron chi connectivity index (χ1n) is 23.0. The van der Waals surface area contributed by atoms with Gasteiger partial charge < -0.3 is 4.42 Å². The summed E-state index contributed by atoms with van der Waals surface area (Å²) in [6, 6.07) is 73.8. The molecule has 1 aliphatic rings. The minimum Gasteiger partial charge on any atom is -0.456 e. The van der Waals surface area contributed by atoms with Crippen molar-refractivity contribution in [3.63, 3.8) is 0 Å². The number of aromatic nitrogens is 5. The third-order valence-corrected chi connectivity index (χ3v) is 13.5. The molecule has 9 aromatic carbocycles. The van der Waals surface area contributed by atoms with Crippen LogP contribution in [0.3, 0.4) is 0 Å². The first kappa shape index (κ1) is 39.5. The zero-order valence-corrected chi connectivity index (χ0v) is 37.4. The van der Waals surface area contributed by atoms with Crippen molar-refractivity contribution in [2.75, 3.05) is 0 Å². The van der Waals surface area contributed by atoms with Gasteiger partial charge in [0.1, 0.15) is 11.2 Å². The monoisotopic (exact) mass is 871 g/mol. The normalized spacial score (nSPS) is 12.7. The summed E-state index contributed by atoms with van der Waals surface area (Å²) >= 11 is 0. The largest absolute Gasteiger partial charge is 0.456 e. The predicted molar refractivity (Wildman–Crippen MR) is 276 cm³/mol. The van der Waals surface area contributed by atoms with E-state index in [-0.39, 0.29) is 5.41 Å². The second-order valence-corrected chi connectivity index (χ2v) is 18.1. The number of rotatable bonds is 7. The smallest absolute Gasteiger partial charge is 0.164 e. The van der Waals surface area contributed by atoms with Gasteiger partial charge in [-0.3, -0.25) is 0 Å². The van der Waals surface area contributed by atoms with Gasteiger partial charge in [0.25, 0.3) is 0 Å². The molecule has 0 amide bonds. The van der Waals surface area contributed by atoms with Crippen molar-refractivity contribution in [3.05, 3.63) is 223 Å². The van der Waals surface area contributed by atoms with Crippen LogP contribution in [0.15, 0.2) is 217 Å². The Kier molecular flexibility index (Phi) is 9.08. The van der Waals surface area contributed by atoms with Gasteiger partial charge in [-0.1, -0.05) is 178 Å². The highest BCUT2D eigenvalue weighted by atomic mass is 16.3. The molecule has 6 nitrogen and oxygen atoms in total. The van der Waals surface area contributed by atoms with E-state index in [0.717, 1.165) is 88.6 Å². The quantitative estimate of drug-likeness (QED) is 0.159. The second kappa shape index (κ2) is 15.6. The van der Waals surface area contributed by atoms with Gasteiger partial charge in [-0.25, -0.2) is 24.9 Å². The third-order valence-electron chi connectivity index (χ3n) is 13.5. The number of fused-ring (bicyclic) bond motifs is 8. The number of benzene rings is 9. The highest BCUT2D eigenvalue weighted by Gasteiger charge is 2.35.